The van der Waals surface area contributed by atoms with Crippen molar-refractivity contribution in [1.29, 1.82) is 0 Å². The summed E-state index contributed by atoms with van der Waals surface area (Å²) >= 11 is 0. The van der Waals surface area contributed by atoms with Crippen LogP contribution >= 0.6 is 0 Å². The molecule has 0 N–H and O–H groups in total. The molecule has 0 aromatic carbocycles. The molecule has 14 heavy (non-hydrogen) atoms. The molecule has 0 aromatic rings. The molecule has 0 bridgehead atoms. The molecule has 3 heteroatoms. The third-order valence-electron chi connectivity index (χ3n) is 2.41. The molecule has 0 saturated carbocycles. The van der Waals surface area contributed by atoms with Crippen molar-refractivity contribution in [1.82, 2.24) is 4.90 Å². The quantitative estimate of drug-likeness (QED) is 0.695. The van der Waals surface area contributed by atoms with E-state index >= 15 is 0 Å². The molecule has 1 fully saturated rings. The zero-order valence-electron chi connectivity index (χ0n) is 10.1. The lowest BCUT2D eigenvalue weighted by atomic mass is 10.1. The third-order valence-corrected chi connectivity index (χ3v) is 2.41. The van der Waals surface area contributed by atoms with Gasteiger partial charge in [0, 0.05) is 27.3 Å². The van der Waals surface area contributed by atoms with E-state index in [1.165, 1.54) is 19.4 Å². The van der Waals surface area contributed by atoms with Crippen molar-refractivity contribution >= 4 is 0 Å². The smallest absolute Gasteiger partial charge is 0.0698 e. The minimum absolute atomic E-state index is 0.440. The second kappa shape index (κ2) is 9.44. The number of hydrogen-bond acceptors (Lipinski definition) is 3. The fourth-order valence-electron chi connectivity index (χ4n) is 1.63. The van der Waals surface area contributed by atoms with Gasteiger partial charge in [0.2, 0.25) is 0 Å². The van der Waals surface area contributed by atoms with Gasteiger partial charge in [0.25, 0.3) is 0 Å². The molecule has 1 rings (SSSR count). The van der Waals surface area contributed by atoms with Crippen LogP contribution in [-0.4, -0.2) is 51.5 Å². The van der Waals surface area contributed by atoms with Gasteiger partial charge in [-0.2, -0.15) is 0 Å². The molecule has 0 spiro atoms. The van der Waals surface area contributed by atoms with Gasteiger partial charge in [-0.3, -0.25) is 4.90 Å². The van der Waals surface area contributed by atoms with Gasteiger partial charge in [-0.15, -0.1) is 0 Å². The van der Waals surface area contributed by atoms with Crippen molar-refractivity contribution in [2.45, 2.75) is 32.8 Å². The van der Waals surface area contributed by atoms with Crippen LogP contribution in [0.5, 0.6) is 0 Å². The van der Waals surface area contributed by atoms with Crippen LogP contribution in [0.3, 0.4) is 0 Å². The fourth-order valence-corrected chi connectivity index (χ4v) is 1.63. The maximum atomic E-state index is 5.32. The van der Waals surface area contributed by atoms with Gasteiger partial charge in [0.1, 0.15) is 0 Å². The van der Waals surface area contributed by atoms with E-state index in [1.807, 2.05) is 13.8 Å². The first-order chi connectivity index (χ1) is 6.86. The Balaban J connectivity index is 0.000000791. The molecule has 1 heterocycles. The molecule has 0 radical (unpaired) electrons. The standard InChI is InChI=1S/C9H19NO2.C2H6/c1-11-7-6-10-5-3-4-9(8-10)12-2;1-2/h9H,3-8H2,1-2H3;1-2H3. The highest BCUT2D eigenvalue weighted by molar-refractivity contribution is 4.72. The molecule has 86 valence electrons. The molecule has 1 aliphatic rings. The lowest BCUT2D eigenvalue weighted by Crippen LogP contribution is -2.40. The predicted octanol–water partition coefficient (Wildman–Crippen LogP) is 1.77. The van der Waals surface area contributed by atoms with E-state index in [2.05, 4.69) is 4.90 Å². The Bertz CT molecular complexity index is 120. The van der Waals surface area contributed by atoms with Crippen molar-refractivity contribution in [3.05, 3.63) is 0 Å². The monoisotopic (exact) mass is 203 g/mol. The summed E-state index contributed by atoms with van der Waals surface area (Å²) in [6.45, 7) is 8.13. The molecule has 1 aliphatic heterocycles. The van der Waals surface area contributed by atoms with Crippen LogP contribution in [0.4, 0.5) is 0 Å². The van der Waals surface area contributed by atoms with E-state index in [-0.39, 0.29) is 0 Å². The fraction of sp³-hybridized carbons (Fsp3) is 1.00. The molecule has 0 aliphatic carbocycles. The highest BCUT2D eigenvalue weighted by atomic mass is 16.5. The van der Waals surface area contributed by atoms with Gasteiger partial charge < -0.3 is 9.47 Å². The highest BCUT2D eigenvalue weighted by Gasteiger charge is 2.18. The number of nitrogens with zero attached hydrogens (tertiary/aromatic N) is 1. The summed E-state index contributed by atoms with van der Waals surface area (Å²) in [6, 6.07) is 0. The van der Waals surface area contributed by atoms with E-state index in [9.17, 15) is 0 Å². The van der Waals surface area contributed by atoms with Gasteiger partial charge in [-0.25, -0.2) is 0 Å². The summed E-state index contributed by atoms with van der Waals surface area (Å²) in [7, 11) is 3.54. The van der Waals surface area contributed by atoms with Crippen LogP contribution in [0.25, 0.3) is 0 Å². The minimum atomic E-state index is 0.440. The Hall–Kier alpha value is -0.120. The zero-order valence-corrected chi connectivity index (χ0v) is 10.1. The normalized spacial score (nSPS) is 22.7. The number of hydrogen-bond donors (Lipinski definition) is 0. The SMILES string of the molecule is CC.COCCN1CCCC(OC)C1. The van der Waals surface area contributed by atoms with Crippen molar-refractivity contribution in [3.8, 4) is 0 Å². The number of rotatable bonds is 4. The average Bonchev–Trinajstić information content (AvgIpc) is 2.29. The van der Waals surface area contributed by atoms with E-state index in [4.69, 9.17) is 9.47 Å². The molecule has 1 saturated heterocycles. The summed E-state index contributed by atoms with van der Waals surface area (Å²) in [5.74, 6) is 0. The zero-order chi connectivity index (χ0) is 10.8. The second-order valence-corrected chi connectivity index (χ2v) is 3.29. The number of likely N-dealkylation sites (tertiary alicyclic amines) is 1. The van der Waals surface area contributed by atoms with E-state index < -0.39 is 0 Å². The van der Waals surface area contributed by atoms with Crippen molar-refractivity contribution in [2.24, 2.45) is 0 Å². The molecule has 1 unspecified atom stereocenters. The van der Waals surface area contributed by atoms with Crippen molar-refractivity contribution < 1.29 is 9.47 Å². The van der Waals surface area contributed by atoms with E-state index in [0.717, 1.165) is 19.7 Å². The first-order valence-corrected chi connectivity index (χ1v) is 5.61. The van der Waals surface area contributed by atoms with Crippen LogP contribution in [0.15, 0.2) is 0 Å². The summed E-state index contributed by atoms with van der Waals surface area (Å²) in [6.07, 6.45) is 2.90. The Morgan fingerprint density at radius 1 is 1.29 bits per heavy atom. The summed E-state index contributed by atoms with van der Waals surface area (Å²) in [5.41, 5.74) is 0. The number of ether oxygens (including phenoxy) is 2. The largest absolute Gasteiger partial charge is 0.383 e. The van der Waals surface area contributed by atoms with Gasteiger partial charge in [0.15, 0.2) is 0 Å². The van der Waals surface area contributed by atoms with E-state index in [0.29, 0.717) is 6.10 Å². The Morgan fingerprint density at radius 3 is 2.57 bits per heavy atom. The van der Waals surface area contributed by atoms with Crippen molar-refractivity contribution in [2.75, 3.05) is 40.5 Å². The van der Waals surface area contributed by atoms with Crippen LogP contribution in [-0.2, 0) is 9.47 Å². The maximum Gasteiger partial charge on any atom is 0.0698 e. The van der Waals surface area contributed by atoms with Crippen molar-refractivity contribution in [3.63, 3.8) is 0 Å². The third kappa shape index (κ3) is 5.58. The maximum absolute atomic E-state index is 5.32. The highest BCUT2D eigenvalue weighted by Crippen LogP contribution is 2.11. The van der Waals surface area contributed by atoms with Gasteiger partial charge in [-0.1, -0.05) is 13.8 Å². The summed E-state index contributed by atoms with van der Waals surface area (Å²) in [5, 5.41) is 0. The number of piperidine rings is 1. The molecule has 0 amide bonds. The summed E-state index contributed by atoms with van der Waals surface area (Å²) < 4.78 is 10.3. The van der Waals surface area contributed by atoms with Gasteiger partial charge in [0.05, 0.1) is 12.7 Å². The van der Waals surface area contributed by atoms with Crippen LogP contribution in [0.1, 0.15) is 26.7 Å². The molecule has 1 atom stereocenters. The molecule has 0 aromatic heterocycles. The second-order valence-electron chi connectivity index (χ2n) is 3.29. The molecular formula is C11H25NO2. The topological polar surface area (TPSA) is 21.7 Å². The Kier molecular flexibility index (Phi) is 9.35. The first-order valence-electron chi connectivity index (χ1n) is 5.61. The Labute approximate surface area is 88.4 Å². The number of methoxy groups -OCH3 is 2. The summed E-state index contributed by atoms with van der Waals surface area (Å²) in [4.78, 5) is 2.40. The average molecular weight is 203 g/mol. The molecule has 3 nitrogen and oxygen atoms in total. The van der Waals surface area contributed by atoms with Crippen LogP contribution in [0, 0.1) is 0 Å². The van der Waals surface area contributed by atoms with Crippen LogP contribution in [0.2, 0.25) is 0 Å². The first kappa shape index (κ1) is 13.9. The van der Waals surface area contributed by atoms with Crippen LogP contribution < -0.4 is 0 Å². The van der Waals surface area contributed by atoms with E-state index in [1.54, 1.807) is 14.2 Å². The predicted molar refractivity (Wildman–Crippen MR) is 59.7 cm³/mol. The lowest BCUT2D eigenvalue weighted by Gasteiger charge is -2.31. The minimum Gasteiger partial charge on any atom is -0.383 e. The molecular weight excluding hydrogens is 178 g/mol. The van der Waals surface area contributed by atoms with Gasteiger partial charge in [-0.05, 0) is 19.4 Å². The van der Waals surface area contributed by atoms with Gasteiger partial charge >= 0.3 is 0 Å². The Morgan fingerprint density at radius 2 is 2.00 bits per heavy atom. The lowest BCUT2D eigenvalue weighted by molar-refractivity contribution is 0.0226.